The van der Waals surface area contributed by atoms with Crippen LogP contribution in [0.2, 0.25) is 0 Å². The summed E-state index contributed by atoms with van der Waals surface area (Å²) in [5.41, 5.74) is 1.06. The standard InChI is InChI=1S/C24H39N3O5/c1-16-20(12-13-21(30)25-17-8-6-5-7-9-17)27(18-10-11-18)22(14-19(29)15-28)26(16)23(31)32-24(2,3)4/h5-6,17-19,22,28-29H,7-15H2,1-4H3,(H,25,30)/t17-,19?,22?/m1/s1. The molecule has 1 aliphatic heterocycles. The molecule has 180 valence electrons. The number of rotatable bonds is 8. The largest absolute Gasteiger partial charge is 0.443 e. The summed E-state index contributed by atoms with van der Waals surface area (Å²) in [4.78, 5) is 29.5. The van der Waals surface area contributed by atoms with Crippen molar-refractivity contribution in [1.82, 2.24) is 15.1 Å². The van der Waals surface area contributed by atoms with E-state index in [1.807, 2.05) is 27.7 Å². The molecular weight excluding hydrogens is 410 g/mol. The highest BCUT2D eigenvalue weighted by molar-refractivity contribution is 5.77. The fraction of sp³-hybridized carbons (Fsp3) is 0.750. The topological polar surface area (TPSA) is 102 Å². The minimum Gasteiger partial charge on any atom is -0.443 e. The minimum absolute atomic E-state index is 0.0176. The molecule has 2 amide bonds. The molecule has 1 fully saturated rings. The van der Waals surface area contributed by atoms with Crippen molar-refractivity contribution in [3.8, 4) is 0 Å². The lowest BCUT2D eigenvalue weighted by Gasteiger charge is -2.35. The van der Waals surface area contributed by atoms with Crippen molar-refractivity contribution in [3.63, 3.8) is 0 Å². The van der Waals surface area contributed by atoms with E-state index in [1.165, 1.54) is 0 Å². The van der Waals surface area contributed by atoms with Gasteiger partial charge >= 0.3 is 6.09 Å². The third kappa shape index (κ3) is 6.25. The summed E-state index contributed by atoms with van der Waals surface area (Å²) in [6.07, 6.45) is 8.33. The highest BCUT2D eigenvalue weighted by Crippen LogP contribution is 2.43. The molecule has 3 aliphatic rings. The van der Waals surface area contributed by atoms with Crippen LogP contribution in [0.4, 0.5) is 4.79 Å². The molecule has 3 N–H and O–H groups in total. The Labute approximate surface area is 191 Å². The molecule has 0 aromatic heterocycles. The van der Waals surface area contributed by atoms with Gasteiger partial charge in [0.25, 0.3) is 0 Å². The van der Waals surface area contributed by atoms with E-state index in [4.69, 9.17) is 4.74 Å². The van der Waals surface area contributed by atoms with Crippen molar-refractivity contribution in [2.75, 3.05) is 6.61 Å². The van der Waals surface area contributed by atoms with Gasteiger partial charge in [0.2, 0.25) is 5.91 Å². The zero-order valence-corrected chi connectivity index (χ0v) is 19.8. The number of amides is 2. The van der Waals surface area contributed by atoms with Gasteiger partial charge in [-0.05, 0) is 66.2 Å². The second kappa shape index (κ2) is 10.3. The van der Waals surface area contributed by atoms with Crippen molar-refractivity contribution in [3.05, 3.63) is 23.5 Å². The van der Waals surface area contributed by atoms with Crippen molar-refractivity contribution in [2.45, 2.75) is 109 Å². The minimum atomic E-state index is -0.944. The van der Waals surface area contributed by atoms with E-state index in [0.29, 0.717) is 12.8 Å². The molecule has 0 aromatic rings. The summed E-state index contributed by atoms with van der Waals surface area (Å²) >= 11 is 0. The maximum Gasteiger partial charge on any atom is 0.416 e. The van der Waals surface area contributed by atoms with Crippen molar-refractivity contribution < 1.29 is 24.5 Å². The zero-order chi connectivity index (χ0) is 23.5. The third-order valence-corrected chi connectivity index (χ3v) is 6.16. The predicted octanol–water partition coefficient (Wildman–Crippen LogP) is 3.01. The van der Waals surface area contributed by atoms with Gasteiger partial charge in [0.05, 0.1) is 12.7 Å². The molecule has 2 aliphatic carbocycles. The first-order valence-corrected chi connectivity index (χ1v) is 11.8. The van der Waals surface area contributed by atoms with Crippen LogP contribution in [0, 0.1) is 0 Å². The Morgan fingerprint density at radius 2 is 1.97 bits per heavy atom. The van der Waals surface area contributed by atoms with Crippen LogP contribution >= 0.6 is 0 Å². The lowest BCUT2D eigenvalue weighted by atomic mass is 10.0. The summed E-state index contributed by atoms with van der Waals surface area (Å²) < 4.78 is 5.66. The molecule has 0 radical (unpaired) electrons. The van der Waals surface area contributed by atoms with Crippen LogP contribution in [0.1, 0.15) is 79.1 Å². The van der Waals surface area contributed by atoms with E-state index in [0.717, 1.165) is 43.5 Å². The van der Waals surface area contributed by atoms with Gasteiger partial charge in [-0.3, -0.25) is 9.69 Å². The van der Waals surface area contributed by atoms with Crippen LogP contribution in [0.3, 0.4) is 0 Å². The average Bonchev–Trinajstić information content (AvgIpc) is 3.50. The molecule has 1 heterocycles. The van der Waals surface area contributed by atoms with E-state index in [2.05, 4.69) is 22.4 Å². The normalized spacial score (nSPS) is 24.7. The fourth-order valence-electron chi connectivity index (χ4n) is 4.54. The summed E-state index contributed by atoms with van der Waals surface area (Å²) in [7, 11) is 0. The first kappa shape index (κ1) is 24.6. The highest BCUT2D eigenvalue weighted by Gasteiger charge is 2.47. The lowest BCUT2D eigenvalue weighted by molar-refractivity contribution is -0.121. The van der Waals surface area contributed by atoms with Crippen LogP contribution in [0.5, 0.6) is 0 Å². The maximum absolute atomic E-state index is 13.1. The van der Waals surface area contributed by atoms with E-state index in [1.54, 1.807) is 4.90 Å². The van der Waals surface area contributed by atoms with E-state index in [9.17, 15) is 19.8 Å². The fourth-order valence-corrected chi connectivity index (χ4v) is 4.54. The van der Waals surface area contributed by atoms with Crippen LogP contribution in [0.15, 0.2) is 23.5 Å². The summed E-state index contributed by atoms with van der Waals surface area (Å²) in [5.74, 6) is 0.0176. The van der Waals surface area contributed by atoms with E-state index in [-0.39, 0.29) is 31.0 Å². The second-order valence-corrected chi connectivity index (χ2v) is 10.1. The van der Waals surface area contributed by atoms with Crippen molar-refractivity contribution in [2.24, 2.45) is 0 Å². The summed E-state index contributed by atoms with van der Waals surface area (Å²) in [6.45, 7) is 6.97. The van der Waals surface area contributed by atoms with Crippen LogP contribution in [-0.2, 0) is 9.53 Å². The van der Waals surface area contributed by atoms with E-state index >= 15 is 0 Å². The Hall–Kier alpha value is -2.06. The Balaban J connectivity index is 1.76. The van der Waals surface area contributed by atoms with Gasteiger partial charge in [0.1, 0.15) is 11.8 Å². The van der Waals surface area contributed by atoms with Gasteiger partial charge in [0, 0.05) is 36.3 Å². The Kier molecular flexibility index (Phi) is 7.88. The van der Waals surface area contributed by atoms with Gasteiger partial charge in [-0.1, -0.05) is 12.2 Å². The molecule has 2 unspecified atom stereocenters. The maximum atomic E-state index is 13.1. The SMILES string of the molecule is CC1=C(CCC(=O)N[C@@H]2CC=CCC2)N(C2CC2)C(CC(O)CO)N1C(=O)OC(C)(C)C. The molecule has 3 rings (SSSR count). The third-order valence-electron chi connectivity index (χ3n) is 6.16. The number of ether oxygens (including phenoxy) is 1. The molecule has 8 nitrogen and oxygen atoms in total. The van der Waals surface area contributed by atoms with Gasteiger partial charge in [-0.2, -0.15) is 0 Å². The van der Waals surface area contributed by atoms with Crippen LogP contribution < -0.4 is 5.32 Å². The smallest absolute Gasteiger partial charge is 0.416 e. The molecule has 0 bridgehead atoms. The first-order valence-electron chi connectivity index (χ1n) is 11.8. The molecule has 0 saturated heterocycles. The molecular formula is C24H39N3O5. The molecule has 0 aromatic carbocycles. The van der Waals surface area contributed by atoms with Crippen molar-refractivity contribution >= 4 is 12.0 Å². The summed E-state index contributed by atoms with van der Waals surface area (Å²) in [6, 6.07) is 0.464. The number of aliphatic hydroxyl groups excluding tert-OH is 2. The Bertz CT molecular complexity index is 753. The predicted molar refractivity (Wildman–Crippen MR) is 121 cm³/mol. The van der Waals surface area contributed by atoms with Crippen LogP contribution in [-0.4, -0.2) is 68.6 Å². The van der Waals surface area contributed by atoms with Gasteiger partial charge in [0.15, 0.2) is 0 Å². The van der Waals surface area contributed by atoms with Gasteiger partial charge in [-0.25, -0.2) is 4.79 Å². The molecule has 8 heteroatoms. The number of nitrogens with zero attached hydrogens (tertiary/aromatic N) is 2. The molecule has 32 heavy (non-hydrogen) atoms. The number of aliphatic hydroxyl groups is 2. The first-order chi connectivity index (χ1) is 15.1. The average molecular weight is 450 g/mol. The second-order valence-electron chi connectivity index (χ2n) is 10.1. The lowest BCUT2D eigenvalue weighted by Crippen LogP contribution is -2.48. The molecule has 0 spiro atoms. The van der Waals surface area contributed by atoms with Crippen LogP contribution in [0.25, 0.3) is 0 Å². The van der Waals surface area contributed by atoms with Gasteiger partial charge < -0.3 is 25.2 Å². The molecule has 3 atom stereocenters. The Morgan fingerprint density at radius 3 is 2.53 bits per heavy atom. The van der Waals surface area contributed by atoms with E-state index < -0.39 is 24.0 Å². The quantitative estimate of drug-likeness (QED) is 0.493. The number of carbonyl (C=O) groups is 2. The number of allylic oxidation sites excluding steroid dienone is 3. The summed E-state index contributed by atoms with van der Waals surface area (Å²) in [5, 5.41) is 22.8. The number of hydrogen-bond donors (Lipinski definition) is 3. The monoisotopic (exact) mass is 449 g/mol. The zero-order valence-electron chi connectivity index (χ0n) is 19.8. The Morgan fingerprint density at radius 1 is 1.25 bits per heavy atom. The number of carbonyl (C=O) groups excluding carboxylic acids is 2. The highest BCUT2D eigenvalue weighted by atomic mass is 16.6. The number of hydrogen-bond acceptors (Lipinski definition) is 6. The van der Waals surface area contributed by atoms with Crippen molar-refractivity contribution in [1.29, 1.82) is 0 Å². The van der Waals surface area contributed by atoms with Gasteiger partial charge in [-0.15, -0.1) is 0 Å². The molecule has 1 saturated carbocycles. The number of nitrogens with one attached hydrogen (secondary N) is 1.